The highest BCUT2D eigenvalue weighted by Gasteiger charge is 2.46. The largest absolute Gasteiger partial charge is 0.381 e. The van der Waals surface area contributed by atoms with Gasteiger partial charge in [0.15, 0.2) is 0 Å². The molecule has 0 bridgehead atoms. The second-order valence-corrected chi connectivity index (χ2v) is 7.46. The summed E-state index contributed by atoms with van der Waals surface area (Å²) in [6, 6.07) is 6.22. The van der Waals surface area contributed by atoms with Crippen LogP contribution in [0.3, 0.4) is 0 Å². The Labute approximate surface area is 142 Å². The Bertz CT molecular complexity index is 619. The summed E-state index contributed by atoms with van der Waals surface area (Å²) in [5.41, 5.74) is 0.449. The zero-order chi connectivity index (χ0) is 16.7. The maximum absolute atomic E-state index is 13.5. The minimum Gasteiger partial charge on any atom is -0.381 e. The average molecular weight is 332 g/mol. The molecule has 3 atom stereocenters. The van der Waals surface area contributed by atoms with Gasteiger partial charge in [-0.25, -0.2) is 4.39 Å². The van der Waals surface area contributed by atoms with Crippen LogP contribution in [0.15, 0.2) is 24.3 Å². The number of piperidine rings is 1. The van der Waals surface area contributed by atoms with Crippen molar-refractivity contribution in [2.24, 2.45) is 11.8 Å². The van der Waals surface area contributed by atoms with Crippen molar-refractivity contribution < 1.29 is 13.9 Å². The molecule has 1 aromatic rings. The van der Waals surface area contributed by atoms with Crippen molar-refractivity contribution in [3.63, 3.8) is 0 Å². The highest BCUT2D eigenvalue weighted by Crippen LogP contribution is 2.36. The normalized spacial score (nSPS) is 30.4. The van der Waals surface area contributed by atoms with Crippen LogP contribution < -0.4 is 0 Å². The Morgan fingerprint density at radius 1 is 1.29 bits per heavy atom. The molecule has 0 aromatic heterocycles. The third kappa shape index (κ3) is 3.07. The molecule has 1 aliphatic carbocycles. The smallest absolute Gasteiger partial charge is 0.254 e. The van der Waals surface area contributed by atoms with E-state index in [1.165, 1.54) is 25.0 Å². The number of carbonyl (C=O) groups is 1. The van der Waals surface area contributed by atoms with E-state index < -0.39 is 0 Å². The number of benzene rings is 1. The molecule has 0 N–H and O–H groups in total. The third-order valence-corrected chi connectivity index (χ3v) is 5.79. The molecule has 3 fully saturated rings. The van der Waals surface area contributed by atoms with Crippen molar-refractivity contribution in [1.82, 2.24) is 9.80 Å². The third-order valence-electron chi connectivity index (χ3n) is 5.79. The van der Waals surface area contributed by atoms with Crippen LogP contribution in [0.5, 0.6) is 0 Å². The number of likely N-dealkylation sites (tertiary alicyclic amines) is 2. The maximum atomic E-state index is 13.5. The summed E-state index contributed by atoms with van der Waals surface area (Å²) < 4.78 is 19.2. The fourth-order valence-corrected chi connectivity index (χ4v) is 4.38. The Balaban J connectivity index is 1.53. The Morgan fingerprint density at radius 3 is 2.83 bits per heavy atom. The number of rotatable bonds is 4. The molecule has 5 heteroatoms. The van der Waals surface area contributed by atoms with Crippen LogP contribution in [0.2, 0.25) is 0 Å². The van der Waals surface area contributed by atoms with Crippen LogP contribution in [0.4, 0.5) is 4.39 Å². The van der Waals surface area contributed by atoms with E-state index in [0.29, 0.717) is 18.0 Å². The first-order chi connectivity index (χ1) is 11.7. The van der Waals surface area contributed by atoms with Crippen molar-refractivity contribution in [2.75, 3.05) is 33.3 Å². The molecule has 3 aliphatic rings. The van der Waals surface area contributed by atoms with Crippen molar-refractivity contribution >= 4 is 5.91 Å². The van der Waals surface area contributed by atoms with Crippen molar-refractivity contribution in [1.29, 1.82) is 0 Å². The molecule has 4 rings (SSSR count). The topological polar surface area (TPSA) is 32.8 Å². The summed E-state index contributed by atoms with van der Waals surface area (Å²) >= 11 is 0. The molecular weight excluding hydrogens is 307 g/mol. The molecule has 0 unspecified atom stereocenters. The molecule has 2 aliphatic heterocycles. The van der Waals surface area contributed by atoms with E-state index in [1.54, 1.807) is 19.2 Å². The van der Waals surface area contributed by atoms with Crippen LogP contribution in [-0.4, -0.2) is 61.1 Å². The molecule has 1 amide bonds. The van der Waals surface area contributed by atoms with Gasteiger partial charge in [-0.05, 0) is 43.4 Å². The van der Waals surface area contributed by atoms with Crippen LogP contribution in [0.1, 0.15) is 29.6 Å². The molecule has 1 aromatic carbocycles. The molecule has 2 saturated heterocycles. The maximum Gasteiger partial charge on any atom is 0.254 e. The number of hydrogen-bond acceptors (Lipinski definition) is 3. The summed E-state index contributed by atoms with van der Waals surface area (Å²) in [7, 11) is 1.77. The number of fused-ring (bicyclic) bond motifs is 1. The quantitative estimate of drug-likeness (QED) is 0.849. The van der Waals surface area contributed by atoms with E-state index in [0.717, 1.165) is 32.0 Å². The van der Waals surface area contributed by atoms with Crippen LogP contribution >= 0.6 is 0 Å². The van der Waals surface area contributed by atoms with Gasteiger partial charge in [-0.2, -0.15) is 0 Å². The summed E-state index contributed by atoms with van der Waals surface area (Å²) in [5.74, 6) is 0.803. The second kappa shape index (κ2) is 6.45. The summed E-state index contributed by atoms with van der Waals surface area (Å²) in [6.45, 7) is 3.76. The zero-order valence-corrected chi connectivity index (χ0v) is 14.2. The minimum atomic E-state index is -0.356. The Kier molecular flexibility index (Phi) is 4.31. The number of carbonyl (C=O) groups excluding carboxylic acids is 1. The molecule has 0 radical (unpaired) electrons. The van der Waals surface area contributed by atoms with E-state index in [9.17, 15) is 9.18 Å². The molecular formula is C19H25FN2O2. The highest BCUT2D eigenvalue weighted by molar-refractivity contribution is 5.94. The standard InChI is InChI=1S/C19H25FN2O2/c1-24-18-7-8-22(19(23)14-3-2-4-15(20)9-14)17-12-21(11-16(17)18)10-13-5-6-13/h2-4,9,13,16-18H,5-8,10-12H2,1H3/t16-,17+,18-/m1/s1. The van der Waals surface area contributed by atoms with Crippen molar-refractivity contribution in [3.8, 4) is 0 Å². The van der Waals surface area contributed by atoms with E-state index in [1.807, 2.05) is 4.90 Å². The van der Waals surface area contributed by atoms with Gasteiger partial charge in [-0.15, -0.1) is 0 Å². The predicted octanol–water partition coefficient (Wildman–Crippen LogP) is 2.40. The monoisotopic (exact) mass is 332 g/mol. The van der Waals surface area contributed by atoms with E-state index in [2.05, 4.69) is 4.90 Å². The zero-order valence-electron chi connectivity index (χ0n) is 14.2. The lowest BCUT2D eigenvalue weighted by Gasteiger charge is -2.41. The lowest BCUT2D eigenvalue weighted by atomic mass is 9.88. The number of ether oxygens (including phenoxy) is 1. The van der Waals surface area contributed by atoms with Crippen LogP contribution in [-0.2, 0) is 4.74 Å². The molecule has 2 heterocycles. The van der Waals surface area contributed by atoms with E-state index >= 15 is 0 Å². The van der Waals surface area contributed by atoms with Gasteiger partial charge in [0.25, 0.3) is 5.91 Å². The molecule has 24 heavy (non-hydrogen) atoms. The van der Waals surface area contributed by atoms with Crippen LogP contribution in [0.25, 0.3) is 0 Å². The first kappa shape index (κ1) is 16.0. The van der Waals surface area contributed by atoms with Crippen molar-refractivity contribution in [3.05, 3.63) is 35.6 Å². The molecule has 0 spiro atoms. The lowest BCUT2D eigenvalue weighted by Crippen LogP contribution is -2.53. The fourth-order valence-electron chi connectivity index (χ4n) is 4.38. The molecule has 130 valence electrons. The van der Waals surface area contributed by atoms with Gasteiger partial charge in [0, 0.05) is 44.8 Å². The number of hydrogen-bond donors (Lipinski definition) is 0. The number of halogens is 1. The minimum absolute atomic E-state index is 0.0488. The van der Waals surface area contributed by atoms with Gasteiger partial charge >= 0.3 is 0 Å². The second-order valence-electron chi connectivity index (χ2n) is 7.46. The first-order valence-electron chi connectivity index (χ1n) is 8.97. The highest BCUT2D eigenvalue weighted by atomic mass is 19.1. The Morgan fingerprint density at radius 2 is 2.12 bits per heavy atom. The molecule has 4 nitrogen and oxygen atoms in total. The lowest BCUT2D eigenvalue weighted by molar-refractivity contribution is -0.0156. The number of nitrogens with zero attached hydrogens (tertiary/aromatic N) is 2. The van der Waals surface area contributed by atoms with Gasteiger partial charge in [-0.3, -0.25) is 4.79 Å². The SMILES string of the molecule is CO[C@@H]1CCN(C(=O)c2cccc(F)c2)[C@H]2CN(CC3CC3)C[C@@H]12. The summed E-state index contributed by atoms with van der Waals surface area (Å²) in [5, 5.41) is 0. The molecule has 1 saturated carbocycles. The number of methoxy groups -OCH3 is 1. The fraction of sp³-hybridized carbons (Fsp3) is 0.632. The van der Waals surface area contributed by atoms with E-state index in [-0.39, 0.29) is 23.9 Å². The first-order valence-corrected chi connectivity index (χ1v) is 8.97. The van der Waals surface area contributed by atoms with Gasteiger partial charge in [0.2, 0.25) is 0 Å². The number of amides is 1. The van der Waals surface area contributed by atoms with Crippen LogP contribution in [0, 0.1) is 17.7 Å². The van der Waals surface area contributed by atoms with Crippen molar-refractivity contribution in [2.45, 2.75) is 31.4 Å². The average Bonchev–Trinajstić information content (AvgIpc) is 3.29. The Hall–Kier alpha value is -1.46. The summed E-state index contributed by atoms with van der Waals surface area (Å²) in [6.07, 6.45) is 3.75. The van der Waals surface area contributed by atoms with Gasteiger partial charge in [0.1, 0.15) is 5.82 Å². The van der Waals surface area contributed by atoms with E-state index in [4.69, 9.17) is 4.74 Å². The van der Waals surface area contributed by atoms with Gasteiger partial charge < -0.3 is 14.5 Å². The predicted molar refractivity (Wildman–Crippen MR) is 89.3 cm³/mol. The van der Waals surface area contributed by atoms with Gasteiger partial charge in [0.05, 0.1) is 12.1 Å². The summed E-state index contributed by atoms with van der Waals surface area (Å²) in [4.78, 5) is 17.4. The van der Waals surface area contributed by atoms with Gasteiger partial charge in [-0.1, -0.05) is 6.07 Å².